The summed E-state index contributed by atoms with van der Waals surface area (Å²) in [5.74, 6) is 4.05. The number of benzene rings is 1. The van der Waals surface area contributed by atoms with Crippen LogP contribution in [0.15, 0.2) is 24.3 Å². The molecule has 0 aliphatic heterocycles. The zero-order valence-corrected chi connectivity index (χ0v) is 13.2. The largest absolute Gasteiger partial charge is 0.497 e. The van der Waals surface area contributed by atoms with Crippen molar-refractivity contribution in [2.45, 2.75) is 25.5 Å². The van der Waals surface area contributed by atoms with E-state index in [1.807, 2.05) is 12.1 Å². The summed E-state index contributed by atoms with van der Waals surface area (Å²) in [6.45, 7) is 2.99. The van der Waals surface area contributed by atoms with Gasteiger partial charge in [-0.1, -0.05) is 18.1 Å². The van der Waals surface area contributed by atoms with E-state index in [1.54, 1.807) is 7.11 Å². The molecular formula is C18H25NO3. The Balaban J connectivity index is 1.85. The third kappa shape index (κ3) is 6.07. The molecule has 0 aromatic heterocycles. The summed E-state index contributed by atoms with van der Waals surface area (Å²) in [5, 5.41) is 10.1. The minimum absolute atomic E-state index is 0.248. The highest BCUT2D eigenvalue weighted by atomic mass is 16.5. The predicted molar refractivity (Wildman–Crippen MR) is 86.7 cm³/mol. The Bertz CT molecular complexity index is 476. The first-order valence-electron chi connectivity index (χ1n) is 7.75. The van der Waals surface area contributed by atoms with E-state index in [2.05, 4.69) is 23.0 Å². The molecule has 1 fully saturated rings. The maximum absolute atomic E-state index is 10.1. The highest BCUT2D eigenvalue weighted by molar-refractivity contribution is 5.27. The Hall–Kier alpha value is -1.54. The van der Waals surface area contributed by atoms with Crippen molar-refractivity contribution >= 4 is 0 Å². The van der Waals surface area contributed by atoms with Crippen molar-refractivity contribution in [3.05, 3.63) is 29.8 Å². The van der Waals surface area contributed by atoms with Gasteiger partial charge in [0.1, 0.15) is 12.4 Å². The summed E-state index contributed by atoms with van der Waals surface area (Å²) in [7, 11) is 1.67. The Morgan fingerprint density at radius 2 is 2.09 bits per heavy atom. The Kier molecular flexibility index (Phi) is 6.73. The van der Waals surface area contributed by atoms with Crippen LogP contribution in [0.2, 0.25) is 0 Å². The van der Waals surface area contributed by atoms with Gasteiger partial charge in [-0.15, -0.1) is 6.42 Å². The van der Waals surface area contributed by atoms with E-state index < -0.39 is 6.10 Å². The van der Waals surface area contributed by atoms with Gasteiger partial charge in [0.25, 0.3) is 0 Å². The number of aliphatic hydroxyl groups excluding tert-OH is 1. The van der Waals surface area contributed by atoms with Crippen LogP contribution in [0.25, 0.3) is 0 Å². The van der Waals surface area contributed by atoms with Gasteiger partial charge in [-0.2, -0.15) is 0 Å². The SMILES string of the molecule is C#CCOC[C@H](O)CN(Cc1ccc(OC)cc1)CC1CC1. The van der Waals surface area contributed by atoms with Crippen LogP contribution in [0.5, 0.6) is 5.75 Å². The summed E-state index contributed by atoms with van der Waals surface area (Å²) in [6, 6.07) is 8.08. The monoisotopic (exact) mass is 303 g/mol. The normalized spacial score (nSPS) is 15.5. The van der Waals surface area contributed by atoms with E-state index in [1.165, 1.54) is 18.4 Å². The van der Waals surface area contributed by atoms with E-state index in [9.17, 15) is 5.11 Å². The van der Waals surface area contributed by atoms with Crippen LogP contribution < -0.4 is 4.74 Å². The number of hydrogen-bond acceptors (Lipinski definition) is 4. The minimum atomic E-state index is -0.509. The summed E-state index contributed by atoms with van der Waals surface area (Å²) in [4.78, 5) is 2.30. The molecule has 4 heteroatoms. The number of ether oxygens (including phenoxy) is 2. The maximum atomic E-state index is 10.1. The number of hydrogen-bond donors (Lipinski definition) is 1. The lowest BCUT2D eigenvalue weighted by molar-refractivity contribution is 0.0251. The van der Waals surface area contributed by atoms with Crippen molar-refractivity contribution in [1.82, 2.24) is 4.90 Å². The van der Waals surface area contributed by atoms with E-state index in [0.29, 0.717) is 6.54 Å². The van der Waals surface area contributed by atoms with Gasteiger partial charge < -0.3 is 14.6 Å². The summed E-state index contributed by atoms with van der Waals surface area (Å²) < 4.78 is 10.4. The quantitative estimate of drug-likeness (QED) is 0.530. The van der Waals surface area contributed by atoms with Gasteiger partial charge in [0.15, 0.2) is 0 Å². The second kappa shape index (κ2) is 8.79. The van der Waals surface area contributed by atoms with Gasteiger partial charge in [-0.05, 0) is 36.5 Å². The Morgan fingerprint density at radius 1 is 1.36 bits per heavy atom. The fourth-order valence-corrected chi connectivity index (χ4v) is 2.46. The van der Waals surface area contributed by atoms with Gasteiger partial charge in [0, 0.05) is 19.6 Å². The maximum Gasteiger partial charge on any atom is 0.118 e. The van der Waals surface area contributed by atoms with E-state index in [0.717, 1.165) is 24.8 Å². The average molecular weight is 303 g/mol. The van der Waals surface area contributed by atoms with Gasteiger partial charge in [0.05, 0.1) is 19.8 Å². The fraction of sp³-hybridized carbons (Fsp3) is 0.556. The molecule has 0 radical (unpaired) electrons. The summed E-state index contributed by atoms with van der Waals surface area (Å²) in [5.41, 5.74) is 1.22. The number of nitrogens with zero attached hydrogens (tertiary/aromatic N) is 1. The molecule has 1 aromatic carbocycles. The standard InChI is InChI=1S/C18H25NO3/c1-3-10-22-14-17(20)13-19(11-15-4-5-15)12-16-6-8-18(21-2)9-7-16/h1,6-9,15,17,20H,4-5,10-14H2,2H3/t17-/m1/s1. The van der Waals surface area contributed by atoms with Crippen molar-refractivity contribution in [1.29, 1.82) is 0 Å². The lowest BCUT2D eigenvalue weighted by Crippen LogP contribution is -2.36. The number of rotatable bonds is 10. The van der Waals surface area contributed by atoms with Crippen LogP contribution >= 0.6 is 0 Å². The van der Waals surface area contributed by atoms with Crippen molar-refractivity contribution in [3.63, 3.8) is 0 Å². The molecule has 120 valence electrons. The van der Waals surface area contributed by atoms with Crippen molar-refractivity contribution in [3.8, 4) is 18.1 Å². The molecule has 0 unspecified atom stereocenters. The molecule has 0 bridgehead atoms. The molecule has 1 aromatic rings. The molecule has 0 saturated heterocycles. The zero-order valence-electron chi connectivity index (χ0n) is 13.2. The first-order valence-corrected chi connectivity index (χ1v) is 7.75. The molecule has 1 N–H and O–H groups in total. The smallest absolute Gasteiger partial charge is 0.118 e. The molecule has 1 atom stereocenters. The van der Waals surface area contributed by atoms with Crippen molar-refractivity contribution in [2.75, 3.05) is 33.4 Å². The second-order valence-corrected chi connectivity index (χ2v) is 5.86. The van der Waals surface area contributed by atoms with E-state index in [4.69, 9.17) is 15.9 Å². The van der Waals surface area contributed by atoms with Crippen LogP contribution in [0.1, 0.15) is 18.4 Å². The highest BCUT2D eigenvalue weighted by Gasteiger charge is 2.25. The van der Waals surface area contributed by atoms with Gasteiger partial charge in [0.2, 0.25) is 0 Å². The molecule has 1 aliphatic carbocycles. The molecule has 0 spiro atoms. The molecule has 0 amide bonds. The lowest BCUT2D eigenvalue weighted by Gasteiger charge is -2.25. The van der Waals surface area contributed by atoms with Crippen molar-refractivity contribution < 1.29 is 14.6 Å². The third-order valence-corrected chi connectivity index (χ3v) is 3.74. The average Bonchev–Trinajstić information content (AvgIpc) is 3.32. The molecular weight excluding hydrogens is 278 g/mol. The molecule has 1 saturated carbocycles. The first-order chi connectivity index (χ1) is 10.7. The second-order valence-electron chi connectivity index (χ2n) is 5.86. The molecule has 1 aliphatic rings. The Labute approximate surface area is 133 Å². The summed E-state index contributed by atoms with van der Waals surface area (Å²) in [6.07, 6.45) is 7.22. The molecule has 4 nitrogen and oxygen atoms in total. The molecule has 0 heterocycles. The fourth-order valence-electron chi connectivity index (χ4n) is 2.46. The molecule has 2 rings (SSSR count). The minimum Gasteiger partial charge on any atom is -0.497 e. The first kappa shape index (κ1) is 16.8. The summed E-state index contributed by atoms with van der Waals surface area (Å²) >= 11 is 0. The van der Waals surface area contributed by atoms with E-state index in [-0.39, 0.29) is 13.2 Å². The third-order valence-electron chi connectivity index (χ3n) is 3.74. The molecule has 22 heavy (non-hydrogen) atoms. The highest BCUT2D eigenvalue weighted by Crippen LogP contribution is 2.30. The van der Waals surface area contributed by atoms with Gasteiger partial charge in [-0.3, -0.25) is 4.90 Å². The predicted octanol–water partition coefficient (Wildman–Crippen LogP) is 1.92. The van der Waals surface area contributed by atoms with Crippen LogP contribution in [-0.4, -0.2) is 49.5 Å². The van der Waals surface area contributed by atoms with Crippen LogP contribution in [0.4, 0.5) is 0 Å². The number of terminal acetylenes is 1. The van der Waals surface area contributed by atoms with Crippen LogP contribution in [0, 0.1) is 18.3 Å². The van der Waals surface area contributed by atoms with Crippen LogP contribution in [0.3, 0.4) is 0 Å². The topological polar surface area (TPSA) is 41.9 Å². The van der Waals surface area contributed by atoms with Crippen molar-refractivity contribution in [2.24, 2.45) is 5.92 Å². The van der Waals surface area contributed by atoms with E-state index >= 15 is 0 Å². The zero-order chi connectivity index (χ0) is 15.8. The van der Waals surface area contributed by atoms with Gasteiger partial charge in [-0.25, -0.2) is 0 Å². The number of aliphatic hydroxyl groups is 1. The Morgan fingerprint density at radius 3 is 2.68 bits per heavy atom. The van der Waals surface area contributed by atoms with Crippen LogP contribution in [-0.2, 0) is 11.3 Å². The lowest BCUT2D eigenvalue weighted by atomic mass is 10.2. The number of methoxy groups -OCH3 is 1. The van der Waals surface area contributed by atoms with Gasteiger partial charge >= 0.3 is 0 Å².